The third-order valence-electron chi connectivity index (χ3n) is 4.12. The first kappa shape index (κ1) is 17.4. The van der Waals surface area contributed by atoms with Gasteiger partial charge in [-0.25, -0.2) is 4.79 Å². The van der Waals surface area contributed by atoms with Gasteiger partial charge in [0, 0.05) is 0 Å². The van der Waals surface area contributed by atoms with Crippen LogP contribution in [0.25, 0.3) is 0 Å². The number of esters is 1. The third kappa shape index (κ3) is 3.81. The van der Waals surface area contributed by atoms with E-state index in [1.54, 1.807) is 24.3 Å². The fourth-order valence-corrected chi connectivity index (χ4v) is 2.83. The van der Waals surface area contributed by atoms with Gasteiger partial charge < -0.3 is 10.1 Å². The van der Waals surface area contributed by atoms with Gasteiger partial charge in [0.1, 0.15) is 0 Å². The number of ether oxygens (including phenoxy) is 1. The van der Waals surface area contributed by atoms with Crippen LogP contribution in [-0.4, -0.2) is 19.0 Å². The van der Waals surface area contributed by atoms with Crippen LogP contribution in [0.2, 0.25) is 0 Å². The number of methoxy groups -OCH3 is 1. The number of amides is 1. The van der Waals surface area contributed by atoms with Crippen molar-refractivity contribution in [2.75, 3.05) is 7.11 Å². The second kappa shape index (κ2) is 8.12. The van der Waals surface area contributed by atoms with Gasteiger partial charge in [-0.05, 0) is 23.3 Å². The summed E-state index contributed by atoms with van der Waals surface area (Å²) < 4.78 is 4.78. The summed E-state index contributed by atoms with van der Waals surface area (Å²) in [5.41, 5.74) is 2.45. The monoisotopic (exact) mass is 345 g/mol. The molecule has 0 aliphatic rings. The molecule has 0 aliphatic carbocycles. The van der Waals surface area contributed by atoms with E-state index in [9.17, 15) is 9.59 Å². The average molecular weight is 345 g/mol. The van der Waals surface area contributed by atoms with Crippen LogP contribution in [0.15, 0.2) is 84.9 Å². The Morgan fingerprint density at radius 3 is 1.69 bits per heavy atom. The van der Waals surface area contributed by atoms with Crippen LogP contribution in [0, 0.1) is 0 Å². The van der Waals surface area contributed by atoms with Crippen molar-refractivity contribution in [3.8, 4) is 0 Å². The molecule has 0 saturated carbocycles. The molecule has 26 heavy (non-hydrogen) atoms. The molecule has 130 valence electrons. The summed E-state index contributed by atoms with van der Waals surface area (Å²) in [4.78, 5) is 24.9. The van der Waals surface area contributed by atoms with Gasteiger partial charge in [0.15, 0.2) is 0 Å². The Bertz CT molecular complexity index is 852. The highest BCUT2D eigenvalue weighted by molar-refractivity contribution is 6.05. The molecular weight excluding hydrogens is 326 g/mol. The maximum atomic E-state index is 12.9. The molecule has 0 unspecified atom stereocenters. The normalized spacial score (nSPS) is 10.4. The first-order chi connectivity index (χ1) is 12.7. The summed E-state index contributed by atoms with van der Waals surface area (Å²) in [6, 6.07) is 25.7. The summed E-state index contributed by atoms with van der Waals surface area (Å²) in [5.74, 6) is -0.865. The lowest BCUT2D eigenvalue weighted by Crippen LogP contribution is -2.30. The van der Waals surface area contributed by atoms with Gasteiger partial charge in [-0.1, -0.05) is 72.8 Å². The van der Waals surface area contributed by atoms with E-state index in [0.717, 1.165) is 11.1 Å². The van der Waals surface area contributed by atoms with Crippen molar-refractivity contribution in [3.05, 3.63) is 107 Å². The summed E-state index contributed by atoms with van der Waals surface area (Å²) in [5, 5.41) is 3.04. The zero-order valence-corrected chi connectivity index (χ0v) is 14.4. The van der Waals surface area contributed by atoms with Crippen molar-refractivity contribution in [3.63, 3.8) is 0 Å². The van der Waals surface area contributed by atoms with Crippen molar-refractivity contribution < 1.29 is 14.3 Å². The minimum absolute atomic E-state index is 0.243. The molecule has 0 heterocycles. The number of nitrogens with one attached hydrogen (secondary N) is 1. The van der Waals surface area contributed by atoms with Crippen LogP contribution in [-0.2, 0) is 4.74 Å². The van der Waals surface area contributed by atoms with E-state index in [1.807, 2.05) is 60.7 Å². The van der Waals surface area contributed by atoms with E-state index in [4.69, 9.17) is 4.74 Å². The number of carbonyl (C=O) groups excluding carboxylic acids is 2. The van der Waals surface area contributed by atoms with Crippen molar-refractivity contribution in [1.82, 2.24) is 5.32 Å². The van der Waals surface area contributed by atoms with Gasteiger partial charge in [-0.2, -0.15) is 0 Å². The molecule has 0 spiro atoms. The van der Waals surface area contributed by atoms with E-state index in [-0.39, 0.29) is 23.1 Å². The fraction of sp³-hybridized carbons (Fsp3) is 0.0909. The van der Waals surface area contributed by atoms with E-state index in [1.165, 1.54) is 7.11 Å². The SMILES string of the molecule is COC(=O)c1ccccc1C(=O)NC(c1ccccc1)c1ccccc1. The quantitative estimate of drug-likeness (QED) is 0.711. The topological polar surface area (TPSA) is 55.4 Å². The smallest absolute Gasteiger partial charge is 0.338 e. The Hall–Kier alpha value is -3.40. The lowest BCUT2D eigenvalue weighted by molar-refractivity contribution is 0.0596. The molecule has 1 amide bonds. The van der Waals surface area contributed by atoms with Gasteiger partial charge in [0.25, 0.3) is 5.91 Å². The van der Waals surface area contributed by atoms with Gasteiger partial charge in [-0.3, -0.25) is 4.79 Å². The largest absolute Gasteiger partial charge is 0.465 e. The zero-order valence-electron chi connectivity index (χ0n) is 14.4. The van der Waals surface area contributed by atoms with Gasteiger partial charge in [0.2, 0.25) is 0 Å². The Labute approximate surface area is 152 Å². The van der Waals surface area contributed by atoms with E-state index < -0.39 is 5.97 Å². The van der Waals surface area contributed by atoms with E-state index >= 15 is 0 Å². The lowest BCUT2D eigenvalue weighted by atomic mass is 9.97. The molecular formula is C22H19NO3. The van der Waals surface area contributed by atoms with Crippen LogP contribution >= 0.6 is 0 Å². The molecule has 4 heteroatoms. The summed E-state index contributed by atoms with van der Waals surface area (Å²) in [6.07, 6.45) is 0. The molecule has 3 aromatic carbocycles. The molecule has 0 aliphatic heterocycles. The van der Waals surface area contributed by atoms with Crippen molar-refractivity contribution in [2.24, 2.45) is 0 Å². The van der Waals surface area contributed by atoms with Crippen LogP contribution in [0.1, 0.15) is 37.9 Å². The maximum Gasteiger partial charge on any atom is 0.338 e. The first-order valence-corrected chi connectivity index (χ1v) is 8.29. The van der Waals surface area contributed by atoms with Gasteiger partial charge >= 0.3 is 5.97 Å². The lowest BCUT2D eigenvalue weighted by Gasteiger charge is -2.20. The molecule has 0 fully saturated rings. The predicted molar refractivity (Wildman–Crippen MR) is 100.0 cm³/mol. The third-order valence-corrected chi connectivity index (χ3v) is 4.12. The second-order valence-electron chi connectivity index (χ2n) is 5.77. The Morgan fingerprint density at radius 2 is 1.19 bits per heavy atom. The minimum atomic E-state index is -0.535. The molecule has 3 rings (SSSR count). The molecule has 0 radical (unpaired) electrons. The van der Waals surface area contributed by atoms with E-state index in [0.29, 0.717) is 0 Å². The summed E-state index contributed by atoms with van der Waals surface area (Å²) in [6.45, 7) is 0. The summed E-state index contributed by atoms with van der Waals surface area (Å²) >= 11 is 0. The van der Waals surface area contributed by atoms with Crippen molar-refractivity contribution in [2.45, 2.75) is 6.04 Å². The molecule has 0 saturated heterocycles. The van der Waals surface area contributed by atoms with Gasteiger partial charge in [-0.15, -0.1) is 0 Å². The van der Waals surface area contributed by atoms with E-state index in [2.05, 4.69) is 5.32 Å². The van der Waals surface area contributed by atoms with Crippen LogP contribution in [0.3, 0.4) is 0 Å². The number of benzene rings is 3. The van der Waals surface area contributed by atoms with Crippen molar-refractivity contribution in [1.29, 1.82) is 0 Å². The van der Waals surface area contributed by atoms with Crippen LogP contribution < -0.4 is 5.32 Å². The highest BCUT2D eigenvalue weighted by atomic mass is 16.5. The van der Waals surface area contributed by atoms with Crippen LogP contribution in [0.5, 0.6) is 0 Å². The van der Waals surface area contributed by atoms with Crippen molar-refractivity contribution >= 4 is 11.9 Å². The molecule has 0 atom stereocenters. The number of carbonyl (C=O) groups is 2. The average Bonchev–Trinajstić information content (AvgIpc) is 2.72. The molecule has 0 bridgehead atoms. The zero-order chi connectivity index (χ0) is 18.4. The number of hydrogen-bond acceptors (Lipinski definition) is 3. The predicted octanol–water partition coefficient (Wildman–Crippen LogP) is 3.99. The Morgan fingerprint density at radius 1 is 0.731 bits per heavy atom. The Kier molecular flexibility index (Phi) is 5.44. The fourth-order valence-electron chi connectivity index (χ4n) is 2.83. The number of hydrogen-bond donors (Lipinski definition) is 1. The first-order valence-electron chi connectivity index (χ1n) is 8.29. The highest BCUT2D eigenvalue weighted by Crippen LogP contribution is 2.23. The molecule has 0 aromatic heterocycles. The molecule has 4 nitrogen and oxygen atoms in total. The maximum absolute atomic E-state index is 12.9. The number of rotatable bonds is 5. The Balaban J connectivity index is 1.96. The summed E-state index contributed by atoms with van der Waals surface area (Å²) in [7, 11) is 1.30. The highest BCUT2D eigenvalue weighted by Gasteiger charge is 2.21. The molecule has 3 aromatic rings. The second-order valence-corrected chi connectivity index (χ2v) is 5.77. The van der Waals surface area contributed by atoms with Gasteiger partial charge in [0.05, 0.1) is 24.3 Å². The molecule has 1 N–H and O–H groups in total. The standard InChI is InChI=1S/C22H19NO3/c1-26-22(25)19-15-9-8-14-18(19)21(24)23-20(16-10-4-2-5-11-16)17-12-6-3-7-13-17/h2-15,20H,1H3,(H,23,24). The minimum Gasteiger partial charge on any atom is -0.465 e. The van der Waals surface area contributed by atoms with Crippen LogP contribution in [0.4, 0.5) is 0 Å².